The number of hydrogen-bond acceptors (Lipinski definition) is 12. The second-order valence-electron chi connectivity index (χ2n) is 2.95. The Morgan fingerprint density at radius 3 is 0.370 bits per heavy atom. The molecular formula is C12H18Ba2CaO12. The van der Waals surface area contributed by atoms with Gasteiger partial charge in [-0.1, -0.05) is 0 Å². The predicted molar refractivity (Wildman–Crippen MR) is 81.3 cm³/mol. The van der Waals surface area contributed by atoms with Gasteiger partial charge in [0.1, 0.15) is 0 Å². The number of hydrogen-bond donors (Lipinski definition) is 0. The minimum absolute atomic E-state index is 0. The van der Waals surface area contributed by atoms with Crippen molar-refractivity contribution in [1.82, 2.24) is 0 Å². The first-order valence-corrected chi connectivity index (χ1v) is 5.45. The van der Waals surface area contributed by atoms with E-state index in [4.69, 9.17) is 59.4 Å². The normalized spacial score (nSPS) is 5.56. The molecule has 0 unspecified atom stereocenters. The van der Waals surface area contributed by atoms with Gasteiger partial charge in [0.15, 0.2) is 0 Å². The van der Waals surface area contributed by atoms with Crippen molar-refractivity contribution in [2.24, 2.45) is 0 Å². The van der Waals surface area contributed by atoms with Crippen LogP contribution in [0, 0.1) is 0 Å². The monoisotopic (exact) mass is 670 g/mol. The van der Waals surface area contributed by atoms with Crippen molar-refractivity contribution >= 4 is 171 Å². The second-order valence-corrected chi connectivity index (χ2v) is 2.95. The fourth-order valence-corrected chi connectivity index (χ4v) is 0. The molecule has 0 heterocycles. The molecule has 0 fully saturated rings. The standard InChI is InChI=1S/6C2H4O2.2Ba.Ca/c6*1-2(3)4;;;/h6*1H3,(H,3,4);;;/q;;;;;;3*+2/p-6. The molecule has 0 amide bonds. The summed E-state index contributed by atoms with van der Waals surface area (Å²) in [4.78, 5) is 53.3. The molecule has 15 heteroatoms. The van der Waals surface area contributed by atoms with Gasteiger partial charge >= 0.3 is 136 Å². The minimum atomic E-state index is -1.08. The topological polar surface area (TPSA) is 241 Å². The quantitative estimate of drug-likeness (QED) is 0.219. The summed E-state index contributed by atoms with van der Waals surface area (Å²) in [6.07, 6.45) is 0. The minimum Gasteiger partial charge on any atom is -0.550 e. The maximum atomic E-state index is 8.89. The summed E-state index contributed by atoms with van der Waals surface area (Å²) in [5.74, 6) is -6.50. The number of carboxylic acids is 6. The molecule has 0 radical (unpaired) electrons. The SMILES string of the molecule is CC(=O)[O-].CC(=O)[O-].CC(=O)[O-].CC(=O)[O-].CC(=O)[O-].CC(=O)[O-].[Ba+2].[Ba+2].[Ca+2]. The van der Waals surface area contributed by atoms with Crippen molar-refractivity contribution in [3.05, 3.63) is 0 Å². The van der Waals surface area contributed by atoms with Gasteiger partial charge in [0.05, 0.1) is 0 Å². The summed E-state index contributed by atoms with van der Waals surface area (Å²) in [5, 5.41) is 53.3. The smallest absolute Gasteiger partial charge is 0.550 e. The van der Waals surface area contributed by atoms with Crippen molar-refractivity contribution in [3.8, 4) is 0 Å². The Morgan fingerprint density at radius 2 is 0.370 bits per heavy atom. The van der Waals surface area contributed by atoms with Crippen LogP contribution in [0.4, 0.5) is 0 Å². The first-order valence-electron chi connectivity index (χ1n) is 5.45. The van der Waals surface area contributed by atoms with E-state index in [9.17, 15) is 0 Å². The average molecular weight is 669 g/mol. The van der Waals surface area contributed by atoms with Crippen LogP contribution in [0.5, 0.6) is 0 Å². The van der Waals surface area contributed by atoms with Crippen LogP contribution in [-0.4, -0.2) is 171 Å². The molecule has 0 aromatic rings. The molecule has 0 aliphatic heterocycles. The van der Waals surface area contributed by atoms with Crippen molar-refractivity contribution in [3.63, 3.8) is 0 Å². The molecule has 0 atom stereocenters. The van der Waals surface area contributed by atoms with E-state index in [0.717, 1.165) is 41.5 Å². The van der Waals surface area contributed by atoms with Gasteiger partial charge in [-0.3, -0.25) is 0 Å². The summed E-state index contributed by atoms with van der Waals surface area (Å²) in [6, 6.07) is 0. The van der Waals surface area contributed by atoms with Gasteiger partial charge in [0.25, 0.3) is 0 Å². The Hall–Kier alpha value is 1.22. The van der Waals surface area contributed by atoms with E-state index in [1.165, 1.54) is 0 Å². The van der Waals surface area contributed by atoms with Crippen molar-refractivity contribution in [1.29, 1.82) is 0 Å². The van der Waals surface area contributed by atoms with E-state index in [2.05, 4.69) is 0 Å². The van der Waals surface area contributed by atoms with Gasteiger partial charge in [0.2, 0.25) is 0 Å². The summed E-state index contributed by atoms with van der Waals surface area (Å²) in [6.45, 7) is 5.83. The third-order valence-corrected chi connectivity index (χ3v) is 0. The average Bonchev–Trinajstić information content (AvgIpc) is 2.08. The van der Waals surface area contributed by atoms with E-state index in [-0.39, 0.29) is 136 Å². The number of carbonyl (C=O) groups excluding carboxylic acids is 6. The molecule has 0 rings (SSSR count). The molecule has 0 saturated heterocycles. The van der Waals surface area contributed by atoms with Crippen LogP contribution in [0.15, 0.2) is 0 Å². The zero-order chi connectivity index (χ0) is 21.5. The van der Waals surface area contributed by atoms with Crippen LogP contribution in [0.2, 0.25) is 0 Å². The molecule has 0 aromatic heterocycles. The van der Waals surface area contributed by atoms with E-state index in [1.54, 1.807) is 0 Å². The van der Waals surface area contributed by atoms with Crippen LogP contribution < -0.4 is 30.6 Å². The van der Waals surface area contributed by atoms with E-state index in [1.807, 2.05) is 0 Å². The summed E-state index contributed by atoms with van der Waals surface area (Å²) >= 11 is 0. The van der Waals surface area contributed by atoms with Gasteiger partial charge in [-0.15, -0.1) is 0 Å². The van der Waals surface area contributed by atoms with E-state index >= 15 is 0 Å². The van der Waals surface area contributed by atoms with Gasteiger partial charge in [-0.05, 0) is 41.5 Å². The summed E-state index contributed by atoms with van der Waals surface area (Å²) in [5.41, 5.74) is 0. The molecule has 0 aliphatic rings. The Labute approximate surface area is 267 Å². The number of carboxylic acid groups (broad SMARTS) is 6. The van der Waals surface area contributed by atoms with Crippen LogP contribution in [0.1, 0.15) is 41.5 Å². The predicted octanol–water partition coefficient (Wildman–Crippen LogP) is -8.61. The Morgan fingerprint density at radius 1 is 0.370 bits per heavy atom. The van der Waals surface area contributed by atoms with Crippen molar-refractivity contribution < 1.29 is 59.4 Å². The molecule has 0 aromatic carbocycles. The Kier molecular flexibility index (Phi) is 106. The first kappa shape index (κ1) is 56.6. The van der Waals surface area contributed by atoms with Crippen LogP contribution in [0.3, 0.4) is 0 Å². The van der Waals surface area contributed by atoms with Crippen molar-refractivity contribution in [2.45, 2.75) is 41.5 Å². The zero-order valence-corrected chi connectivity index (χ0v) is 27.1. The Bertz CT molecular complexity index is 272. The molecule has 12 nitrogen and oxygen atoms in total. The fraction of sp³-hybridized carbons (Fsp3) is 0.500. The molecular weight excluding hydrogens is 651 g/mol. The first-order chi connectivity index (χ1) is 10.4. The molecule has 0 N–H and O–H groups in total. The van der Waals surface area contributed by atoms with Crippen molar-refractivity contribution in [2.75, 3.05) is 0 Å². The van der Waals surface area contributed by atoms with Crippen LogP contribution in [-0.2, 0) is 28.8 Å². The van der Waals surface area contributed by atoms with E-state index < -0.39 is 35.8 Å². The number of rotatable bonds is 0. The van der Waals surface area contributed by atoms with Gasteiger partial charge < -0.3 is 59.4 Å². The number of carbonyl (C=O) groups is 6. The largest absolute Gasteiger partial charge is 2.00 e. The van der Waals surface area contributed by atoms with E-state index in [0.29, 0.717) is 0 Å². The molecule has 0 spiro atoms. The Balaban J connectivity index is -0.0000000201. The fourth-order valence-electron chi connectivity index (χ4n) is 0. The number of aliphatic carboxylic acids is 6. The van der Waals surface area contributed by atoms with Crippen LogP contribution >= 0.6 is 0 Å². The van der Waals surface area contributed by atoms with Gasteiger partial charge in [0, 0.05) is 35.8 Å². The second kappa shape index (κ2) is 50.7. The molecule has 0 bridgehead atoms. The third-order valence-electron chi connectivity index (χ3n) is 0. The maximum Gasteiger partial charge on any atom is 2.00 e. The summed E-state index contributed by atoms with van der Waals surface area (Å²) < 4.78 is 0. The zero-order valence-electron chi connectivity index (χ0n) is 16.0. The molecule has 0 aliphatic carbocycles. The third kappa shape index (κ3) is 11600. The molecule has 0 saturated carbocycles. The molecule has 144 valence electrons. The molecule has 27 heavy (non-hydrogen) atoms. The van der Waals surface area contributed by atoms with Gasteiger partial charge in [-0.2, -0.15) is 0 Å². The summed E-state index contributed by atoms with van der Waals surface area (Å²) in [7, 11) is 0. The van der Waals surface area contributed by atoms with Gasteiger partial charge in [-0.25, -0.2) is 0 Å². The maximum absolute atomic E-state index is 8.89. The van der Waals surface area contributed by atoms with Crippen LogP contribution in [0.25, 0.3) is 0 Å².